The first-order valence-corrected chi connectivity index (χ1v) is 6.89. The van der Waals surface area contributed by atoms with Crippen LogP contribution in [0.15, 0.2) is 30.3 Å². The number of likely N-dealkylation sites (tertiary alicyclic amines) is 1. The van der Waals surface area contributed by atoms with E-state index in [1.54, 1.807) is 0 Å². The van der Waals surface area contributed by atoms with Crippen LogP contribution in [0.4, 0.5) is 0 Å². The minimum Gasteiger partial charge on any atom is -0.300 e. The van der Waals surface area contributed by atoms with E-state index in [1.807, 2.05) is 37.4 Å². The summed E-state index contributed by atoms with van der Waals surface area (Å²) in [5.74, 6) is 0. The second kappa shape index (κ2) is 5.32. The molecular weight excluding hydrogens is 234 g/mol. The van der Waals surface area contributed by atoms with Crippen LogP contribution in [0.3, 0.4) is 0 Å². The molecule has 3 nitrogen and oxygen atoms in total. The molecule has 1 aliphatic heterocycles. The van der Waals surface area contributed by atoms with E-state index in [-0.39, 0.29) is 0 Å². The molecule has 0 bridgehead atoms. The van der Waals surface area contributed by atoms with E-state index < -0.39 is 5.54 Å². The predicted molar refractivity (Wildman–Crippen MR) is 77.6 cm³/mol. The van der Waals surface area contributed by atoms with Crippen molar-refractivity contribution >= 4 is 0 Å². The van der Waals surface area contributed by atoms with Crippen LogP contribution in [0.2, 0.25) is 0 Å². The molecule has 1 aromatic rings. The third kappa shape index (κ3) is 2.97. The minimum atomic E-state index is -0.609. The van der Waals surface area contributed by atoms with Gasteiger partial charge in [-0.15, -0.1) is 0 Å². The highest BCUT2D eigenvalue weighted by Crippen LogP contribution is 2.31. The highest BCUT2D eigenvalue weighted by molar-refractivity contribution is 5.32. The van der Waals surface area contributed by atoms with Crippen LogP contribution in [0.5, 0.6) is 0 Å². The number of likely N-dealkylation sites (N-methyl/N-ethyl adjacent to an activating group) is 1. The maximum atomic E-state index is 9.68. The zero-order valence-electron chi connectivity index (χ0n) is 12.1. The molecule has 0 aliphatic carbocycles. The Bertz CT molecular complexity index is 461. The van der Waals surface area contributed by atoms with Gasteiger partial charge in [0, 0.05) is 13.1 Å². The number of nitriles is 1. The summed E-state index contributed by atoms with van der Waals surface area (Å²) in [4.78, 5) is 2.40. The summed E-state index contributed by atoms with van der Waals surface area (Å²) in [5, 5.41) is 12.9. The van der Waals surface area contributed by atoms with Crippen molar-refractivity contribution in [2.45, 2.75) is 25.8 Å². The number of rotatable bonds is 4. The summed E-state index contributed by atoms with van der Waals surface area (Å²) < 4.78 is 0. The van der Waals surface area contributed by atoms with Gasteiger partial charge in [-0.3, -0.25) is 10.2 Å². The average molecular weight is 257 g/mol. The lowest BCUT2D eigenvalue weighted by molar-refractivity contribution is 0.235. The van der Waals surface area contributed by atoms with E-state index in [9.17, 15) is 5.26 Å². The number of nitrogens with zero attached hydrogens (tertiary/aromatic N) is 2. The molecule has 19 heavy (non-hydrogen) atoms. The fourth-order valence-electron chi connectivity index (χ4n) is 2.89. The first-order chi connectivity index (χ1) is 9.01. The molecule has 3 heteroatoms. The van der Waals surface area contributed by atoms with Gasteiger partial charge in [0.25, 0.3) is 0 Å². The Hall–Kier alpha value is -1.37. The molecule has 1 aliphatic rings. The van der Waals surface area contributed by atoms with Gasteiger partial charge in [0.1, 0.15) is 5.54 Å². The Morgan fingerprint density at radius 2 is 2.05 bits per heavy atom. The summed E-state index contributed by atoms with van der Waals surface area (Å²) in [6, 6.07) is 12.5. The van der Waals surface area contributed by atoms with Crippen molar-refractivity contribution in [3.05, 3.63) is 35.9 Å². The zero-order chi connectivity index (χ0) is 13.9. The van der Waals surface area contributed by atoms with Gasteiger partial charge in [-0.1, -0.05) is 44.2 Å². The van der Waals surface area contributed by atoms with Crippen molar-refractivity contribution in [3.63, 3.8) is 0 Å². The second-order valence-electron chi connectivity index (χ2n) is 6.26. The summed E-state index contributed by atoms with van der Waals surface area (Å²) in [6.45, 7) is 7.47. The molecule has 102 valence electrons. The summed E-state index contributed by atoms with van der Waals surface area (Å²) in [6.07, 6.45) is 1.20. The third-order valence-electron chi connectivity index (χ3n) is 4.10. The van der Waals surface area contributed by atoms with Gasteiger partial charge in [0.05, 0.1) is 6.07 Å². The molecule has 1 unspecified atom stereocenters. The smallest absolute Gasteiger partial charge is 0.144 e. The average Bonchev–Trinajstić information content (AvgIpc) is 2.76. The molecule has 1 fully saturated rings. The predicted octanol–water partition coefficient (Wildman–Crippen LogP) is 2.36. The molecule has 1 aromatic carbocycles. The van der Waals surface area contributed by atoms with Gasteiger partial charge in [-0.05, 0) is 31.0 Å². The molecule has 0 amide bonds. The van der Waals surface area contributed by atoms with Crippen molar-refractivity contribution in [2.24, 2.45) is 5.41 Å². The first-order valence-electron chi connectivity index (χ1n) is 6.89. The summed E-state index contributed by atoms with van der Waals surface area (Å²) in [5.41, 5.74) is 0.803. The fraction of sp³-hybridized carbons (Fsp3) is 0.562. The SMILES string of the molecule is CNC(C#N)(CN1CCC(C)(C)C1)c1ccccc1. The van der Waals surface area contributed by atoms with Crippen LogP contribution in [-0.2, 0) is 5.54 Å². The molecule has 1 heterocycles. The highest BCUT2D eigenvalue weighted by Gasteiger charge is 2.37. The minimum absolute atomic E-state index is 0.367. The molecule has 1 saturated heterocycles. The topological polar surface area (TPSA) is 39.1 Å². The van der Waals surface area contributed by atoms with Crippen molar-refractivity contribution < 1.29 is 0 Å². The molecule has 0 aromatic heterocycles. The summed E-state index contributed by atoms with van der Waals surface area (Å²) >= 11 is 0. The Balaban J connectivity index is 2.20. The maximum absolute atomic E-state index is 9.68. The van der Waals surface area contributed by atoms with Gasteiger partial charge in [-0.2, -0.15) is 5.26 Å². The number of hydrogen-bond donors (Lipinski definition) is 1. The standard InChI is InChI=1S/C16H23N3/c1-15(2)9-10-19(12-15)13-16(11-17,18-3)14-7-5-4-6-8-14/h4-8,18H,9-10,12-13H2,1-3H3. The molecule has 0 spiro atoms. The van der Waals surface area contributed by atoms with E-state index >= 15 is 0 Å². The maximum Gasteiger partial charge on any atom is 0.144 e. The fourth-order valence-corrected chi connectivity index (χ4v) is 2.89. The van der Waals surface area contributed by atoms with Crippen molar-refractivity contribution in [1.29, 1.82) is 5.26 Å². The van der Waals surface area contributed by atoms with E-state index in [2.05, 4.69) is 30.1 Å². The zero-order valence-corrected chi connectivity index (χ0v) is 12.1. The lowest BCUT2D eigenvalue weighted by Crippen LogP contribution is -2.48. The number of hydrogen-bond acceptors (Lipinski definition) is 3. The van der Waals surface area contributed by atoms with Gasteiger partial charge >= 0.3 is 0 Å². The van der Waals surface area contributed by atoms with Gasteiger partial charge in [-0.25, -0.2) is 0 Å². The van der Waals surface area contributed by atoms with Crippen LogP contribution in [0.1, 0.15) is 25.8 Å². The monoisotopic (exact) mass is 257 g/mol. The number of benzene rings is 1. The van der Waals surface area contributed by atoms with E-state index in [0.29, 0.717) is 5.41 Å². The van der Waals surface area contributed by atoms with Crippen molar-refractivity contribution in [3.8, 4) is 6.07 Å². The third-order valence-corrected chi connectivity index (χ3v) is 4.10. The van der Waals surface area contributed by atoms with Crippen molar-refractivity contribution in [1.82, 2.24) is 10.2 Å². The quantitative estimate of drug-likeness (QED) is 0.900. The highest BCUT2D eigenvalue weighted by atomic mass is 15.2. The van der Waals surface area contributed by atoms with E-state index in [1.165, 1.54) is 6.42 Å². The Kier molecular flexibility index (Phi) is 3.93. The Labute approximate surface area is 116 Å². The van der Waals surface area contributed by atoms with Crippen LogP contribution >= 0.6 is 0 Å². The van der Waals surface area contributed by atoms with E-state index in [4.69, 9.17) is 0 Å². The summed E-state index contributed by atoms with van der Waals surface area (Å²) in [7, 11) is 1.87. The Morgan fingerprint density at radius 1 is 1.37 bits per heavy atom. The molecule has 1 N–H and O–H groups in total. The molecule has 0 saturated carbocycles. The van der Waals surface area contributed by atoms with Gasteiger partial charge < -0.3 is 0 Å². The van der Waals surface area contributed by atoms with Gasteiger partial charge in [0.2, 0.25) is 0 Å². The normalized spacial score (nSPS) is 21.8. The molecule has 0 radical (unpaired) electrons. The van der Waals surface area contributed by atoms with Crippen LogP contribution in [0, 0.1) is 16.7 Å². The molecule has 2 rings (SSSR count). The van der Waals surface area contributed by atoms with E-state index in [0.717, 1.165) is 25.2 Å². The number of nitrogens with one attached hydrogen (secondary N) is 1. The lowest BCUT2D eigenvalue weighted by atomic mass is 9.90. The Morgan fingerprint density at radius 3 is 2.53 bits per heavy atom. The second-order valence-corrected chi connectivity index (χ2v) is 6.26. The van der Waals surface area contributed by atoms with Crippen LogP contribution in [-0.4, -0.2) is 31.6 Å². The van der Waals surface area contributed by atoms with Crippen LogP contribution < -0.4 is 5.32 Å². The van der Waals surface area contributed by atoms with Crippen molar-refractivity contribution in [2.75, 3.05) is 26.7 Å². The molecular formula is C16H23N3. The molecule has 1 atom stereocenters. The van der Waals surface area contributed by atoms with Crippen LogP contribution in [0.25, 0.3) is 0 Å². The first kappa shape index (κ1) is 14.0. The largest absolute Gasteiger partial charge is 0.300 e. The lowest BCUT2D eigenvalue weighted by Gasteiger charge is -2.32. The van der Waals surface area contributed by atoms with Gasteiger partial charge in [0.15, 0.2) is 0 Å².